The summed E-state index contributed by atoms with van der Waals surface area (Å²) >= 11 is 0. The molecule has 6 N–H and O–H groups in total. The van der Waals surface area contributed by atoms with Gasteiger partial charge in [0.25, 0.3) is 0 Å². The van der Waals surface area contributed by atoms with Crippen LogP contribution in [0, 0.1) is 0 Å². The quantitative estimate of drug-likeness (QED) is 0.134. The number of anilines is 1. The Balaban J connectivity index is 1.42. The average Bonchev–Trinajstić information content (AvgIpc) is 3.83. The summed E-state index contributed by atoms with van der Waals surface area (Å²) in [6.07, 6.45) is 3.36. The zero-order valence-electron chi connectivity index (χ0n) is 29.6. The highest BCUT2D eigenvalue weighted by Crippen LogP contribution is 2.35. The molecule has 51 heavy (non-hydrogen) atoms. The fourth-order valence-corrected chi connectivity index (χ4v) is 6.23. The molecule has 3 heterocycles. The van der Waals surface area contributed by atoms with Gasteiger partial charge in [-0.2, -0.15) is 0 Å². The number of fused-ring (bicyclic) bond motifs is 1. The van der Waals surface area contributed by atoms with Crippen LogP contribution >= 0.6 is 0 Å². The third-order valence-electron chi connectivity index (χ3n) is 8.99. The van der Waals surface area contributed by atoms with Crippen LogP contribution < -0.4 is 16.0 Å². The van der Waals surface area contributed by atoms with Crippen molar-refractivity contribution in [3.63, 3.8) is 0 Å². The van der Waals surface area contributed by atoms with Crippen LogP contribution in [0.15, 0.2) is 67.0 Å². The second-order valence-corrected chi connectivity index (χ2v) is 14.5. The van der Waals surface area contributed by atoms with Gasteiger partial charge in [-0.15, -0.1) is 0 Å². The van der Waals surface area contributed by atoms with E-state index in [2.05, 4.69) is 30.9 Å². The second-order valence-electron chi connectivity index (χ2n) is 14.5. The minimum atomic E-state index is -1.45. The number of ether oxygens (including phenoxy) is 1. The Labute approximate surface area is 295 Å². The van der Waals surface area contributed by atoms with Crippen LogP contribution in [0.2, 0.25) is 0 Å². The molecule has 2 unspecified atom stereocenters. The third-order valence-corrected chi connectivity index (χ3v) is 8.99. The van der Waals surface area contributed by atoms with E-state index >= 15 is 0 Å². The van der Waals surface area contributed by atoms with Crippen LogP contribution in [0.4, 0.5) is 10.6 Å². The number of aromatic nitrogens is 3. The molecule has 0 radical (unpaired) electrons. The summed E-state index contributed by atoms with van der Waals surface area (Å²) < 4.78 is 5.34. The van der Waals surface area contributed by atoms with Gasteiger partial charge in [0, 0.05) is 30.1 Å². The van der Waals surface area contributed by atoms with Gasteiger partial charge in [-0.1, -0.05) is 48.5 Å². The van der Waals surface area contributed by atoms with Gasteiger partial charge < -0.3 is 40.7 Å². The Morgan fingerprint density at radius 2 is 1.69 bits per heavy atom. The van der Waals surface area contributed by atoms with E-state index in [1.54, 1.807) is 58.2 Å². The Kier molecular flexibility index (Phi) is 10.3. The lowest BCUT2D eigenvalue weighted by atomic mass is 9.80. The number of carboxylic acid groups (broad SMARTS) is 1. The molecule has 270 valence electrons. The average molecular weight is 700 g/mol. The van der Waals surface area contributed by atoms with Gasteiger partial charge >= 0.3 is 12.1 Å². The van der Waals surface area contributed by atoms with Gasteiger partial charge in [-0.05, 0) is 71.6 Å². The first-order valence-electron chi connectivity index (χ1n) is 16.8. The van der Waals surface area contributed by atoms with E-state index in [9.17, 15) is 29.1 Å². The number of likely N-dealkylation sites (tertiary alicyclic amines) is 1. The fraction of sp³-hybridized carbons (Fsp3) is 0.405. The molecule has 1 aliphatic heterocycles. The first kappa shape index (κ1) is 36.6. The maximum atomic E-state index is 14.2. The molecule has 3 atom stereocenters. The van der Waals surface area contributed by atoms with E-state index < -0.39 is 58.4 Å². The standard InChI is InChI=1S/C37H45N7O7/c1-35(2,3)51-34(50)43-36(4,5)32(48)40-26(19-22-20-38-25-16-11-10-15-24(22)25)29(45)41-28-21-39-31(42-28)37(6,23-13-8-7-9-14-23)33(49)44-18-12-17-27(44)30(46)47/h7-11,13-16,20-21,26-27,38H,12,17-19H2,1-6H3,(H,39,42)(H,40,48)(H,41,45)(H,43,50)(H,46,47)/t26-,27?,37?/m1/s1. The van der Waals surface area contributed by atoms with E-state index in [0.29, 0.717) is 18.4 Å². The number of carbonyl (C=O) groups excluding carboxylic acids is 4. The number of hydrogen-bond donors (Lipinski definition) is 6. The number of benzene rings is 2. The van der Waals surface area contributed by atoms with Crippen LogP contribution in [0.25, 0.3) is 10.9 Å². The van der Waals surface area contributed by atoms with Crippen molar-refractivity contribution in [3.8, 4) is 0 Å². The lowest BCUT2D eigenvalue weighted by Gasteiger charge is -2.33. The number of imidazole rings is 1. The molecular weight excluding hydrogens is 654 g/mol. The number of amides is 4. The third kappa shape index (κ3) is 8.05. The molecule has 0 saturated carbocycles. The molecule has 2 aromatic heterocycles. The van der Waals surface area contributed by atoms with E-state index in [-0.39, 0.29) is 24.6 Å². The Morgan fingerprint density at radius 1 is 1.00 bits per heavy atom. The van der Waals surface area contributed by atoms with Crippen molar-refractivity contribution in [2.24, 2.45) is 0 Å². The second kappa shape index (κ2) is 14.3. The molecule has 0 spiro atoms. The van der Waals surface area contributed by atoms with Crippen LogP contribution in [0.3, 0.4) is 0 Å². The van der Waals surface area contributed by atoms with Crippen LogP contribution in [0.1, 0.15) is 71.3 Å². The summed E-state index contributed by atoms with van der Waals surface area (Å²) in [5.41, 5.74) is -1.44. The number of hydrogen-bond acceptors (Lipinski definition) is 7. The SMILES string of the molecule is CC(C)(C)OC(=O)NC(C)(C)C(=O)N[C@H](Cc1c[nH]c2ccccc12)C(=O)Nc1cnc(C(C)(C(=O)N2CCCC2C(=O)O)c2ccccc2)[nH]1. The summed E-state index contributed by atoms with van der Waals surface area (Å²) in [5.74, 6) is -2.36. The molecule has 0 bridgehead atoms. The number of para-hydroxylation sites is 1. The smallest absolute Gasteiger partial charge is 0.408 e. The highest BCUT2D eigenvalue weighted by atomic mass is 16.6. The molecule has 1 fully saturated rings. The molecule has 1 aliphatic rings. The van der Waals surface area contributed by atoms with Gasteiger partial charge in [-0.3, -0.25) is 14.4 Å². The lowest BCUT2D eigenvalue weighted by molar-refractivity contribution is -0.150. The molecule has 1 saturated heterocycles. The minimum absolute atomic E-state index is 0.0941. The normalized spacial score (nSPS) is 16.6. The maximum Gasteiger partial charge on any atom is 0.408 e. The number of nitrogens with one attached hydrogen (secondary N) is 5. The van der Waals surface area contributed by atoms with Crippen molar-refractivity contribution in [2.45, 2.75) is 89.4 Å². The van der Waals surface area contributed by atoms with Gasteiger partial charge in [0.1, 0.15) is 40.3 Å². The first-order chi connectivity index (χ1) is 24.0. The first-order valence-corrected chi connectivity index (χ1v) is 16.8. The van der Waals surface area contributed by atoms with Crippen molar-refractivity contribution < 1.29 is 33.8 Å². The monoisotopic (exact) mass is 699 g/mol. The largest absolute Gasteiger partial charge is 0.480 e. The van der Waals surface area contributed by atoms with Gasteiger partial charge in [0.15, 0.2) is 0 Å². The number of aromatic amines is 2. The number of aliphatic carboxylic acids is 1. The zero-order valence-corrected chi connectivity index (χ0v) is 29.6. The molecule has 5 rings (SSSR count). The number of H-pyrrole nitrogens is 2. The summed E-state index contributed by atoms with van der Waals surface area (Å²) in [4.78, 5) is 78.5. The summed E-state index contributed by atoms with van der Waals surface area (Å²) in [6.45, 7) is 10.1. The molecule has 2 aromatic carbocycles. The molecule has 14 heteroatoms. The summed E-state index contributed by atoms with van der Waals surface area (Å²) in [7, 11) is 0. The van der Waals surface area contributed by atoms with Crippen molar-refractivity contribution in [1.29, 1.82) is 0 Å². The lowest BCUT2D eigenvalue weighted by Crippen LogP contribution is -2.59. The van der Waals surface area contributed by atoms with Crippen LogP contribution in [-0.4, -0.2) is 84.5 Å². The predicted octanol–water partition coefficient (Wildman–Crippen LogP) is 4.24. The highest BCUT2D eigenvalue weighted by Gasteiger charge is 2.47. The van der Waals surface area contributed by atoms with Crippen molar-refractivity contribution in [2.75, 3.05) is 11.9 Å². The number of rotatable bonds is 11. The predicted molar refractivity (Wildman–Crippen MR) is 190 cm³/mol. The molecule has 14 nitrogen and oxygen atoms in total. The number of nitrogens with zero attached hydrogens (tertiary/aromatic N) is 2. The van der Waals surface area contributed by atoms with Crippen molar-refractivity contribution >= 4 is 46.5 Å². The van der Waals surface area contributed by atoms with Crippen molar-refractivity contribution in [3.05, 3.63) is 83.9 Å². The molecular formula is C37H45N7O7. The Bertz CT molecular complexity index is 1930. The van der Waals surface area contributed by atoms with E-state index in [1.165, 1.54) is 24.9 Å². The number of carboxylic acids is 1. The molecule has 4 amide bonds. The highest BCUT2D eigenvalue weighted by molar-refractivity contribution is 5.99. The number of alkyl carbamates (subject to hydrolysis) is 1. The minimum Gasteiger partial charge on any atom is -0.480 e. The van der Waals surface area contributed by atoms with Gasteiger partial charge in [0.05, 0.1) is 6.20 Å². The topological polar surface area (TPSA) is 199 Å². The van der Waals surface area contributed by atoms with Crippen molar-refractivity contribution in [1.82, 2.24) is 30.5 Å². The van der Waals surface area contributed by atoms with E-state index in [0.717, 1.165) is 16.5 Å². The Morgan fingerprint density at radius 3 is 2.37 bits per heavy atom. The zero-order chi connectivity index (χ0) is 37.1. The summed E-state index contributed by atoms with van der Waals surface area (Å²) in [6, 6.07) is 14.4. The molecule has 4 aromatic rings. The van der Waals surface area contributed by atoms with E-state index in [1.807, 2.05) is 30.3 Å². The van der Waals surface area contributed by atoms with Crippen LogP contribution in [0.5, 0.6) is 0 Å². The van der Waals surface area contributed by atoms with E-state index in [4.69, 9.17) is 4.74 Å². The number of carbonyl (C=O) groups is 5. The van der Waals surface area contributed by atoms with Crippen LogP contribution in [-0.2, 0) is 35.8 Å². The Hall–Kier alpha value is -5.66. The summed E-state index contributed by atoms with van der Waals surface area (Å²) in [5, 5.41) is 18.9. The maximum absolute atomic E-state index is 14.2. The van der Waals surface area contributed by atoms with Gasteiger partial charge in [0.2, 0.25) is 17.7 Å². The fourth-order valence-electron chi connectivity index (χ4n) is 6.23. The molecule has 0 aliphatic carbocycles. The van der Waals surface area contributed by atoms with Gasteiger partial charge in [-0.25, -0.2) is 14.6 Å².